The predicted molar refractivity (Wildman–Crippen MR) is 73.2 cm³/mol. The van der Waals surface area contributed by atoms with Gasteiger partial charge in [0.1, 0.15) is 0 Å². The minimum atomic E-state index is -0.121. The third-order valence-corrected chi connectivity index (χ3v) is 4.12. The van der Waals surface area contributed by atoms with Crippen LogP contribution in [0.25, 0.3) is 0 Å². The third-order valence-electron chi connectivity index (χ3n) is 3.38. The van der Waals surface area contributed by atoms with Crippen LogP contribution >= 0.6 is 23.2 Å². The lowest BCUT2D eigenvalue weighted by Gasteiger charge is -2.40. The summed E-state index contributed by atoms with van der Waals surface area (Å²) in [6.07, 6.45) is 0. The van der Waals surface area contributed by atoms with E-state index in [1.807, 2.05) is 12.1 Å². The maximum Gasteiger partial charge on any atom is 0.0595 e. The van der Waals surface area contributed by atoms with Crippen molar-refractivity contribution in [2.45, 2.75) is 13.0 Å². The normalized spacial score (nSPS) is 19.3. The molecule has 1 unspecified atom stereocenters. The molecular weight excluding hydrogens is 273 g/mol. The molecule has 1 aromatic carbocycles. The van der Waals surface area contributed by atoms with Gasteiger partial charge in [0.05, 0.1) is 35.3 Å². The molecule has 18 heavy (non-hydrogen) atoms. The summed E-state index contributed by atoms with van der Waals surface area (Å²) < 4.78 is 5.16. The molecule has 0 bridgehead atoms. The standard InChI is InChI=1S/C13H17Cl2NO2/c1-9(10-2-3-11(14)12(15)4-10)16-5-13(6-17)7-18-8-13/h2-4,9,16-17H,5-8H2,1H3. The first-order valence-corrected chi connectivity index (χ1v) is 6.69. The van der Waals surface area contributed by atoms with E-state index >= 15 is 0 Å². The number of halogens is 2. The highest BCUT2D eigenvalue weighted by atomic mass is 35.5. The molecule has 1 saturated heterocycles. The number of nitrogens with one attached hydrogen (secondary N) is 1. The molecule has 1 aliphatic rings. The molecule has 3 nitrogen and oxygen atoms in total. The lowest BCUT2D eigenvalue weighted by molar-refractivity contribution is -0.135. The smallest absolute Gasteiger partial charge is 0.0595 e. The predicted octanol–water partition coefficient (Wildman–Crippen LogP) is 2.65. The van der Waals surface area contributed by atoms with Crippen LogP contribution < -0.4 is 5.32 Å². The van der Waals surface area contributed by atoms with Crippen LogP contribution in [0.4, 0.5) is 0 Å². The maximum absolute atomic E-state index is 9.34. The van der Waals surface area contributed by atoms with Crippen LogP contribution in [0.15, 0.2) is 18.2 Å². The largest absolute Gasteiger partial charge is 0.396 e. The minimum absolute atomic E-state index is 0.121. The molecule has 2 N–H and O–H groups in total. The average molecular weight is 290 g/mol. The van der Waals surface area contributed by atoms with Crippen molar-refractivity contribution in [2.75, 3.05) is 26.4 Å². The van der Waals surface area contributed by atoms with Gasteiger partial charge < -0.3 is 15.2 Å². The highest BCUT2D eigenvalue weighted by Gasteiger charge is 2.37. The molecule has 2 rings (SSSR count). The summed E-state index contributed by atoms with van der Waals surface area (Å²) in [5, 5.41) is 13.9. The van der Waals surface area contributed by atoms with Crippen LogP contribution in [0.3, 0.4) is 0 Å². The molecule has 100 valence electrons. The van der Waals surface area contributed by atoms with Crippen molar-refractivity contribution in [1.82, 2.24) is 5.32 Å². The summed E-state index contributed by atoms with van der Waals surface area (Å²) in [6.45, 7) is 4.17. The van der Waals surface area contributed by atoms with Gasteiger partial charge in [-0.2, -0.15) is 0 Å². The zero-order chi connectivity index (χ0) is 13.2. The molecule has 0 saturated carbocycles. The summed E-state index contributed by atoms with van der Waals surface area (Å²) >= 11 is 11.9. The molecule has 0 spiro atoms. The van der Waals surface area contributed by atoms with E-state index in [1.165, 1.54) is 0 Å². The van der Waals surface area contributed by atoms with Crippen LogP contribution in [-0.2, 0) is 4.74 Å². The van der Waals surface area contributed by atoms with E-state index in [0.717, 1.165) is 12.1 Å². The van der Waals surface area contributed by atoms with Crippen LogP contribution in [-0.4, -0.2) is 31.5 Å². The highest BCUT2D eigenvalue weighted by molar-refractivity contribution is 6.42. The molecule has 1 aromatic rings. The Hall–Kier alpha value is -0.320. The zero-order valence-electron chi connectivity index (χ0n) is 10.2. The zero-order valence-corrected chi connectivity index (χ0v) is 11.8. The second kappa shape index (κ2) is 5.76. The van der Waals surface area contributed by atoms with Crippen molar-refractivity contribution in [1.29, 1.82) is 0 Å². The lowest BCUT2D eigenvalue weighted by atomic mass is 9.86. The topological polar surface area (TPSA) is 41.5 Å². The fraction of sp³-hybridized carbons (Fsp3) is 0.538. The van der Waals surface area contributed by atoms with Crippen LogP contribution in [0, 0.1) is 5.41 Å². The number of aliphatic hydroxyl groups excluding tert-OH is 1. The highest BCUT2D eigenvalue weighted by Crippen LogP contribution is 2.28. The van der Waals surface area contributed by atoms with Crippen molar-refractivity contribution in [3.05, 3.63) is 33.8 Å². The number of ether oxygens (including phenoxy) is 1. The first-order chi connectivity index (χ1) is 8.56. The van der Waals surface area contributed by atoms with E-state index in [1.54, 1.807) is 6.07 Å². The molecule has 0 radical (unpaired) electrons. The molecular formula is C13H17Cl2NO2. The number of rotatable bonds is 5. The van der Waals surface area contributed by atoms with Crippen molar-refractivity contribution in [3.8, 4) is 0 Å². The summed E-state index contributed by atoms with van der Waals surface area (Å²) in [5.41, 5.74) is 0.961. The van der Waals surface area contributed by atoms with E-state index in [-0.39, 0.29) is 18.1 Å². The Morgan fingerprint density at radius 1 is 1.39 bits per heavy atom. The van der Waals surface area contributed by atoms with Gasteiger partial charge in [0, 0.05) is 12.6 Å². The third kappa shape index (κ3) is 2.98. The van der Waals surface area contributed by atoms with Gasteiger partial charge in [-0.3, -0.25) is 0 Å². The summed E-state index contributed by atoms with van der Waals surface area (Å²) in [5.74, 6) is 0. The lowest BCUT2D eigenvalue weighted by Crippen LogP contribution is -2.52. The molecule has 1 fully saturated rings. The number of hydrogen-bond donors (Lipinski definition) is 2. The summed E-state index contributed by atoms with van der Waals surface area (Å²) in [7, 11) is 0. The van der Waals surface area contributed by atoms with Gasteiger partial charge in [0.15, 0.2) is 0 Å². The molecule has 5 heteroatoms. The number of aliphatic hydroxyl groups is 1. The Balaban J connectivity index is 1.94. The average Bonchev–Trinajstić information content (AvgIpc) is 2.31. The van der Waals surface area contributed by atoms with Crippen molar-refractivity contribution >= 4 is 23.2 Å². The molecule has 1 atom stereocenters. The van der Waals surface area contributed by atoms with E-state index in [9.17, 15) is 5.11 Å². The van der Waals surface area contributed by atoms with Gasteiger partial charge in [-0.25, -0.2) is 0 Å². The van der Waals surface area contributed by atoms with Crippen molar-refractivity contribution in [2.24, 2.45) is 5.41 Å². The molecule has 0 amide bonds. The van der Waals surface area contributed by atoms with Gasteiger partial charge in [-0.05, 0) is 24.6 Å². The Bertz CT molecular complexity index is 416. The number of benzene rings is 1. The monoisotopic (exact) mass is 289 g/mol. The molecule has 0 aromatic heterocycles. The van der Waals surface area contributed by atoms with Crippen molar-refractivity contribution < 1.29 is 9.84 Å². The fourth-order valence-electron chi connectivity index (χ4n) is 1.91. The maximum atomic E-state index is 9.34. The van der Waals surface area contributed by atoms with Crippen molar-refractivity contribution in [3.63, 3.8) is 0 Å². The van der Waals surface area contributed by atoms with Crippen LogP contribution in [0.1, 0.15) is 18.5 Å². The van der Waals surface area contributed by atoms with Crippen LogP contribution in [0.2, 0.25) is 10.0 Å². The number of hydrogen-bond acceptors (Lipinski definition) is 3. The first kappa shape index (κ1) is 14.1. The molecule has 1 heterocycles. The Kier molecular flexibility index (Phi) is 4.51. The van der Waals surface area contributed by atoms with Crippen LogP contribution in [0.5, 0.6) is 0 Å². The Labute approximate surface area is 117 Å². The minimum Gasteiger partial charge on any atom is -0.396 e. The van der Waals surface area contributed by atoms with E-state index in [0.29, 0.717) is 23.3 Å². The van der Waals surface area contributed by atoms with Gasteiger partial charge in [0.25, 0.3) is 0 Å². The van der Waals surface area contributed by atoms with Gasteiger partial charge in [-0.15, -0.1) is 0 Å². The molecule has 1 aliphatic heterocycles. The van der Waals surface area contributed by atoms with E-state index < -0.39 is 0 Å². The Morgan fingerprint density at radius 3 is 2.61 bits per heavy atom. The fourth-order valence-corrected chi connectivity index (χ4v) is 2.22. The summed E-state index contributed by atoms with van der Waals surface area (Å²) in [4.78, 5) is 0. The first-order valence-electron chi connectivity index (χ1n) is 5.93. The second-order valence-electron chi connectivity index (χ2n) is 4.93. The quantitative estimate of drug-likeness (QED) is 0.876. The Morgan fingerprint density at radius 2 is 2.11 bits per heavy atom. The van der Waals surface area contributed by atoms with Gasteiger partial charge >= 0.3 is 0 Å². The van der Waals surface area contributed by atoms with Gasteiger partial charge in [-0.1, -0.05) is 29.3 Å². The van der Waals surface area contributed by atoms with E-state index in [2.05, 4.69) is 12.2 Å². The van der Waals surface area contributed by atoms with Gasteiger partial charge in [0.2, 0.25) is 0 Å². The van der Waals surface area contributed by atoms with E-state index in [4.69, 9.17) is 27.9 Å². The SMILES string of the molecule is CC(NCC1(CO)COC1)c1ccc(Cl)c(Cl)c1. The molecule has 0 aliphatic carbocycles. The second-order valence-corrected chi connectivity index (χ2v) is 5.74. The summed E-state index contributed by atoms with van der Waals surface area (Å²) in [6, 6.07) is 5.77.